The second kappa shape index (κ2) is 51.5. The van der Waals surface area contributed by atoms with Crippen molar-refractivity contribution in [2.75, 3.05) is 19.8 Å². The van der Waals surface area contributed by atoms with Crippen molar-refractivity contribution in [2.24, 2.45) is 0 Å². The summed E-state index contributed by atoms with van der Waals surface area (Å²) in [6.07, 6.45) is 61.4. The third-order valence-electron chi connectivity index (χ3n) is 11.6. The number of allylic oxidation sites excluding steroid dienone is 6. The standard InChI is InChI=1S/C55H102O5/c1-4-7-10-13-16-19-22-25-27-28-29-31-33-36-39-42-45-48-54(56)59-52-53(51-58-50-47-44-41-38-35-32-26-23-20-17-14-11-8-5-2)60-55(57)49-46-43-40-37-34-30-24-21-18-15-12-9-6-3/h16,19-20,23,25,27,53H,4-15,17-18,21-22,24,26,28-52H2,1-3H3/b19-16-,23-20-,27-25-. The van der Waals surface area contributed by atoms with E-state index in [1.54, 1.807) is 0 Å². The summed E-state index contributed by atoms with van der Waals surface area (Å²) >= 11 is 0. The van der Waals surface area contributed by atoms with Crippen molar-refractivity contribution in [3.63, 3.8) is 0 Å². The van der Waals surface area contributed by atoms with Gasteiger partial charge in [0.25, 0.3) is 0 Å². The van der Waals surface area contributed by atoms with Gasteiger partial charge in [0.2, 0.25) is 0 Å². The number of hydrogen-bond acceptors (Lipinski definition) is 5. The fourth-order valence-electron chi connectivity index (χ4n) is 7.65. The molecule has 0 radical (unpaired) electrons. The Morgan fingerprint density at radius 2 is 0.700 bits per heavy atom. The molecule has 5 heteroatoms. The fourth-order valence-corrected chi connectivity index (χ4v) is 7.65. The maximum absolute atomic E-state index is 12.8. The Kier molecular flexibility index (Phi) is 49.9. The van der Waals surface area contributed by atoms with Gasteiger partial charge in [-0.1, -0.05) is 224 Å². The topological polar surface area (TPSA) is 61.8 Å². The summed E-state index contributed by atoms with van der Waals surface area (Å²) in [4.78, 5) is 25.4. The number of carbonyl (C=O) groups is 2. The van der Waals surface area contributed by atoms with Gasteiger partial charge in [-0.2, -0.15) is 0 Å². The lowest BCUT2D eigenvalue weighted by atomic mass is 10.0. The van der Waals surface area contributed by atoms with Crippen LogP contribution >= 0.6 is 0 Å². The smallest absolute Gasteiger partial charge is 0.306 e. The molecule has 60 heavy (non-hydrogen) atoms. The highest BCUT2D eigenvalue weighted by molar-refractivity contribution is 5.70. The number of ether oxygens (including phenoxy) is 3. The molecule has 0 saturated heterocycles. The summed E-state index contributed by atoms with van der Waals surface area (Å²) in [6, 6.07) is 0. The number of unbranched alkanes of at least 4 members (excludes halogenated alkanes) is 32. The molecule has 0 aromatic carbocycles. The predicted molar refractivity (Wildman–Crippen MR) is 261 cm³/mol. The molecule has 0 rings (SSSR count). The average Bonchev–Trinajstić information content (AvgIpc) is 3.25. The summed E-state index contributed by atoms with van der Waals surface area (Å²) in [7, 11) is 0. The maximum atomic E-state index is 12.8. The molecule has 0 spiro atoms. The molecule has 0 fully saturated rings. The van der Waals surface area contributed by atoms with E-state index in [2.05, 4.69) is 57.2 Å². The van der Waals surface area contributed by atoms with E-state index in [0.29, 0.717) is 19.4 Å². The maximum Gasteiger partial charge on any atom is 0.306 e. The van der Waals surface area contributed by atoms with Crippen LogP contribution in [0.5, 0.6) is 0 Å². The van der Waals surface area contributed by atoms with E-state index in [0.717, 1.165) is 51.4 Å². The molecule has 0 heterocycles. The van der Waals surface area contributed by atoms with Gasteiger partial charge in [0, 0.05) is 19.4 Å². The second-order valence-corrected chi connectivity index (χ2v) is 17.8. The second-order valence-electron chi connectivity index (χ2n) is 17.8. The SMILES string of the molecule is CCCCC/C=C\C/C=C\CCCCCCCCCC(=O)OCC(COCCCCCCCC/C=C\CCCCCC)OC(=O)CCCCCCCCCCCCCCC. The molecule has 0 aliphatic rings. The highest BCUT2D eigenvalue weighted by Gasteiger charge is 2.17. The molecule has 352 valence electrons. The van der Waals surface area contributed by atoms with Crippen LogP contribution in [0.3, 0.4) is 0 Å². The number of hydrogen-bond donors (Lipinski definition) is 0. The van der Waals surface area contributed by atoms with Crippen LogP contribution in [-0.2, 0) is 23.8 Å². The van der Waals surface area contributed by atoms with Crippen molar-refractivity contribution < 1.29 is 23.8 Å². The lowest BCUT2D eigenvalue weighted by Gasteiger charge is -2.18. The Labute approximate surface area is 374 Å². The first-order valence-corrected chi connectivity index (χ1v) is 26.5. The van der Waals surface area contributed by atoms with Gasteiger partial charge >= 0.3 is 11.9 Å². The summed E-state index contributed by atoms with van der Waals surface area (Å²) in [5.74, 6) is -0.395. The van der Waals surface area contributed by atoms with Crippen molar-refractivity contribution in [1.29, 1.82) is 0 Å². The van der Waals surface area contributed by atoms with Crippen molar-refractivity contribution in [3.8, 4) is 0 Å². The quantitative estimate of drug-likeness (QED) is 0.0347. The summed E-state index contributed by atoms with van der Waals surface area (Å²) in [6.45, 7) is 7.81. The molecule has 1 atom stereocenters. The lowest BCUT2D eigenvalue weighted by molar-refractivity contribution is -0.163. The van der Waals surface area contributed by atoms with Crippen LogP contribution in [0, 0.1) is 0 Å². The van der Waals surface area contributed by atoms with Crippen molar-refractivity contribution >= 4 is 11.9 Å². The van der Waals surface area contributed by atoms with Gasteiger partial charge in [0.1, 0.15) is 6.61 Å². The lowest BCUT2D eigenvalue weighted by Crippen LogP contribution is -2.30. The third kappa shape index (κ3) is 48.8. The Morgan fingerprint density at radius 1 is 0.367 bits per heavy atom. The van der Waals surface area contributed by atoms with Crippen LogP contribution in [0.1, 0.15) is 278 Å². The normalized spacial score (nSPS) is 12.4. The summed E-state index contributed by atoms with van der Waals surface area (Å²) in [5, 5.41) is 0. The van der Waals surface area contributed by atoms with E-state index in [1.165, 1.54) is 193 Å². The van der Waals surface area contributed by atoms with Gasteiger partial charge in [-0.25, -0.2) is 0 Å². The fraction of sp³-hybridized carbons (Fsp3) is 0.855. The molecular weight excluding hydrogens is 741 g/mol. The van der Waals surface area contributed by atoms with Crippen LogP contribution in [0.4, 0.5) is 0 Å². The van der Waals surface area contributed by atoms with E-state index < -0.39 is 6.10 Å². The first-order chi connectivity index (χ1) is 29.6. The molecule has 0 aliphatic heterocycles. The third-order valence-corrected chi connectivity index (χ3v) is 11.6. The molecule has 0 aromatic rings. The van der Waals surface area contributed by atoms with Gasteiger partial charge in [-0.3, -0.25) is 9.59 Å². The summed E-state index contributed by atoms with van der Waals surface area (Å²) < 4.78 is 17.4. The number of esters is 2. The van der Waals surface area contributed by atoms with Gasteiger partial charge < -0.3 is 14.2 Å². The van der Waals surface area contributed by atoms with Crippen molar-refractivity contribution in [1.82, 2.24) is 0 Å². The van der Waals surface area contributed by atoms with Gasteiger partial charge in [0.15, 0.2) is 6.10 Å². The first-order valence-electron chi connectivity index (χ1n) is 26.5. The molecule has 0 amide bonds. The van der Waals surface area contributed by atoms with E-state index in [4.69, 9.17) is 14.2 Å². The largest absolute Gasteiger partial charge is 0.462 e. The highest BCUT2D eigenvalue weighted by atomic mass is 16.6. The molecule has 0 N–H and O–H groups in total. The molecular formula is C55H102O5. The average molecular weight is 843 g/mol. The van der Waals surface area contributed by atoms with Crippen LogP contribution in [0.2, 0.25) is 0 Å². The molecule has 0 bridgehead atoms. The number of carbonyl (C=O) groups excluding carboxylic acids is 2. The first kappa shape index (κ1) is 58.1. The minimum atomic E-state index is -0.537. The number of rotatable bonds is 49. The van der Waals surface area contributed by atoms with Gasteiger partial charge in [-0.15, -0.1) is 0 Å². The van der Waals surface area contributed by atoms with Crippen LogP contribution < -0.4 is 0 Å². The van der Waals surface area contributed by atoms with Crippen molar-refractivity contribution in [2.45, 2.75) is 284 Å². The molecule has 1 unspecified atom stereocenters. The Morgan fingerprint density at radius 3 is 1.17 bits per heavy atom. The zero-order valence-electron chi connectivity index (χ0n) is 40.5. The minimum Gasteiger partial charge on any atom is -0.462 e. The van der Waals surface area contributed by atoms with E-state index in [1.807, 2.05) is 0 Å². The predicted octanol–water partition coefficient (Wildman–Crippen LogP) is 17.8. The van der Waals surface area contributed by atoms with E-state index in [9.17, 15) is 9.59 Å². The van der Waals surface area contributed by atoms with E-state index in [-0.39, 0.29) is 25.2 Å². The minimum absolute atomic E-state index is 0.0834. The van der Waals surface area contributed by atoms with Gasteiger partial charge in [0.05, 0.1) is 6.61 Å². The van der Waals surface area contributed by atoms with Gasteiger partial charge in [-0.05, 0) is 77.0 Å². The van der Waals surface area contributed by atoms with Crippen LogP contribution in [0.25, 0.3) is 0 Å². The highest BCUT2D eigenvalue weighted by Crippen LogP contribution is 2.15. The Bertz CT molecular complexity index is 955. The Hall–Kier alpha value is -1.88. The monoisotopic (exact) mass is 843 g/mol. The zero-order valence-corrected chi connectivity index (χ0v) is 40.5. The molecule has 5 nitrogen and oxygen atoms in total. The van der Waals surface area contributed by atoms with Crippen LogP contribution in [0.15, 0.2) is 36.5 Å². The molecule has 0 saturated carbocycles. The molecule has 0 aliphatic carbocycles. The summed E-state index contributed by atoms with van der Waals surface area (Å²) in [5.41, 5.74) is 0. The van der Waals surface area contributed by atoms with Crippen molar-refractivity contribution in [3.05, 3.63) is 36.5 Å². The van der Waals surface area contributed by atoms with Crippen LogP contribution in [-0.4, -0.2) is 37.9 Å². The van der Waals surface area contributed by atoms with E-state index >= 15 is 0 Å². The molecule has 0 aromatic heterocycles. The zero-order chi connectivity index (χ0) is 43.5. The Balaban J connectivity index is 4.24.